The normalized spacial score (nSPS) is 18.0. The van der Waals surface area contributed by atoms with Gasteiger partial charge in [0.2, 0.25) is 0 Å². The summed E-state index contributed by atoms with van der Waals surface area (Å²) in [5, 5.41) is 21.9. The van der Waals surface area contributed by atoms with E-state index in [9.17, 15) is 24.8 Å². The van der Waals surface area contributed by atoms with Crippen molar-refractivity contribution in [1.29, 1.82) is 0 Å². The number of aliphatic hydroxyl groups excluding tert-OH is 1. The van der Waals surface area contributed by atoms with Crippen molar-refractivity contribution < 1.29 is 24.4 Å². The second-order valence-electron chi connectivity index (χ2n) is 7.48. The fourth-order valence-corrected chi connectivity index (χ4v) is 3.54. The minimum atomic E-state index is -0.847. The predicted octanol–water partition coefficient (Wildman–Crippen LogP) is 3.83. The van der Waals surface area contributed by atoms with Gasteiger partial charge in [-0.3, -0.25) is 19.7 Å². The number of nitro groups is 1. The highest BCUT2D eigenvalue weighted by molar-refractivity contribution is 6.46. The fraction of sp³-hybridized carbons (Fsp3) is 0.304. The van der Waals surface area contributed by atoms with Crippen LogP contribution in [-0.2, 0) is 14.3 Å². The number of carbonyl (C=O) groups excluding carboxylic acids is 2. The number of Topliss-reactive ketones (excluding diaryl/α,β-unsaturated/α-hetero) is 1. The van der Waals surface area contributed by atoms with Gasteiger partial charge in [0, 0.05) is 30.8 Å². The summed E-state index contributed by atoms with van der Waals surface area (Å²) in [6.45, 7) is 4.46. The van der Waals surface area contributed by atoms with E-state index in [0.717, 1.165) is 0 Å². The van der Waals surface area contributed by atoms with Gasteiger partial charge in [0.25, 0.3) is 17.4 Å². The van der Waals surface area contributed by atoms with E-state index in [1.165, 1.54) is 29.2 Å². The average Bonchev–Trinajstić information content (AvgIpc) is 3.01. The lowest BCUT2D eigenvalue weighted by atomic mass is 9.95. The summed E-state index contributed by atoms with van der Waals surface area (Å²) in [6.07, 6.45) is 0.541. The van der Waals surface area contributed by atoms with Crippen molar-refractivity contribution in [3.05, 3.63) is 81.4 Å². The molecule has 0 radical (unpaired) electrons. The molecule has 3 rings (SSSR count). The maximum Gasteiger partial charge on any atom is 0.295 e. The number of nitro benzene ring substituents is 1. The number of ketones is 1. The molecule has 0 aliphatic carbocycles. The Labute approximate surface area is 179 Å². The van der Waals surface area contributed by atoms with Crippen molar-refractivity contribution in [3.8, 4) is 0 Å². The van der Waals surface area contributed by atoms with Crippen LogP contribution in [0.25, 0.3) is 5.76 Å². The Kier molecular flexibility index (Phi) is 6.81. The number of ether oxygens (including phenoxy) is 1. The zero-order valence-corrected chi connectivity index (χ0v) is 17.4. The molecule has 8 heteroatoms. The molecule has 1 heterocycles. The molecule has 1 fully saturated rings. The Morgan fingerprint density at radius 1 is 1.13 bits per heavy atom. The van der Waals surface area contributed by atoms with Gasteiger partial charge in [0.15, 0.2) is 0 Å². The van der Waals surface area contributed by atoms with E-state index in [1.807, 2.05) is 13.8 Å². The number of non-ortho nitro benzene ring substituents is 1. The van der Waals surface area contributed by atoms with Crippen molar-refractivity contribution >= 4 is 23.1 Å². The molecule has 0 unspecified atom stereocenters. The molecule has 1 saturated heterocycles. The molecule has 1 aliphatic heterocycles. The Bertz CT molecular complexity index is 998. The molecule has 8 nitrogen and oxygen atoms in total. The summed E-state index contributed by atoms with van der Waals surface area (Å²) < 4.78 is 5.53. The minimum Gasteiger partial charge on any atom is -0.507 e. The third-order valence-electron chi connectivity index (χ3n) is 5.00. The third kappa shape index (κ3) is 4.80. The first-order valence-corrected chi connectivity index (χ1v) is 10.0. The molecule has 2 aromatic carbocycles. The lowest BCUT2D eigenvalue weighted by Gasteiger charge is -2.25. The monoisotopic (exact) mass is 424 g/mol. The molecule has 1 atom stereocenters. The number of benzene rings is 2. The van der Waals surface area contributed by atoms with Gasteiger partial charge in [0.05, 0.1) is 22.6 Å². The highest BCUT2D eigenvalue weighted by Gasteiger charge is 2.45. The van der Waals surface area contributed by atoms with Crippen molar-refractivity contribution in [2.45, 2.75) is 32.4 Å². The number of hydrogen-bond donors (Lipinski definition) is 1. The molecular formula is C23H24N2O6. The van der Waals surface area contributed by atoms with Crippen LogP contribution in [0, 0.1) is 10.1 Å². The van der Waals surface area contributed by atoms with E-state index in [0.29, 0.717) is 24.2 Å². The topological polar surface area (TPSA) is 110 Å². The molecule has 0 bridgehead atoms. The van der Waals surface area contributed by atoms with Gasteiger partial charge in [-0.1, -0.05) is 30.3 Å². The molecule has 0 spiro atoms. The van der Waals surface area contributed by atoms with Crippen LogP contribution < -0.4 is 0 Å². The number of rotatable bonds is 8. The van der Waals surface area contributed by atoms with Crippen LogP contribution in [0.15, 0.2) is 60.2 Å². The Morgan fingerprint density at radius 2 is 1.77 bits per heavy atom. The number of aliphatic hydroxyl groups is 1. The molecule has 2 aromatic rings. The largest absolute Gasteiger partial charge is 0.507 e. The summed E-state index contributed by atoms with van der Waals surface area (Å²) in [6, 6.07) is 13.3. The van der Waals surface area contributed by atoms with Crippen LogP contribution in [0.3, 0.4) is 0 Å². The van der Waals surface area contributed by atoms with Crippen LogP contribution in [0.1, 0.15) is 37.4 Å². The molecule has 0 aromatic heterocycles. The van der Waals surface area contributed by atoms with Crippen LogP contribution in [0.2, 0.25) is 0 Å². The quantitative estimate of drug-likeness (QED) is 0.172. The lowest BCUT2D eigenvalue weighted by Crippen LogP contribution is -2.31. The van der Waals surface area contributed by atoms with Gasteiger partial charge in [-0.05, 0) is 38.0 Å². The van der Waals surface area contributed by atoms with Crippen molar-refractivity contribution in [2.75, 3.05) is 13.2 Å². The first-order valence-electron chi connectivity index (χ1n) is 10.0. The van der Waals surface area contributed by atoms with Gasteiger partial charge in [0.1, 0.15) is 5.76 Å². The number of hydrogen-bond acceptors (Lipinski definition) is 6. The summed E-state index contributed by atoms with van der Waals surface area (Å²) in [5.74, 6) is -1.77. The number of carbonyl (C=O) groups is 2. The Morgan fingerprint density at radius 3 is 2.35 bits per heavy atom. The average molecular weight is 424 g/mol. The second kappa shape index (κ2) is 9.53. The molecule has 1 amide bonds. The van der Waals surface area contributed by atoms with Crippen molar-refractivity contribution in [3.63, 3.8) is 0 Å². The molecular weight excluding hydrogens is 400 g/mol. The smallest absolute Gasteiger partial charge is 0.295 e. The summed E-state index contributed by atoms with van der Waals surface area (Å²) in [5.41, 5.74) is 0.784. The first-order chi connectivity index (χ1) is 14.8. The summed E-state index contributed by atoms with van der Waals surface area (Å²) in [4.78, 5) is 37.6. The van der Waals surface area contributed by atoms with Gasteiger partial charge in [-0.2, -0.15) is 0 Å². The maximum absolute atomic E-state index is 12.9. The number of nitrogens with zero attached hydrogens (tertiary/aromatic N) is 2. The predicted molar refractivity (Wildman–Crippen MR) is 114 cm³/mol. The van der Waals surface area contributed by atoms with Crippen LogP contribution in [0.5, 0.6) is 0 Å². The highest BCUT2D eigenvalue weighted by atomic mass is 16.6. The van der Waals surface area contributed by atoms with Crippen LogP contribution >= 0.6 is 0 Å². The van der Waals surface area contributed by atoms with Crippen molar-refractivity contribution in [1.82, 2.24) is 4.90 Å². The van der Waals surface area contributed by atoms with E-state index >= 15 is 0 Å². The standard InChI is InChI=1S/C23H24N2O6/c1-15(2)31-14-6-13-24-20(16-9-11-18(12-10-16)25(29)30)19(22(27)23(24)28)21(26)17-7-4-3-5-8-17/h3-5,7-12,15,20,26H,6,13-14H2,1-2H3/t20-/m1/s1. The highest BCUT2D eigenvalue weighted by Crippen LogP contribution is 2.39. The SMILES string of the molecule is CC(C)OCCCN1C(=O)C(=O)C(=C(O)c2ccccc2)[C@H]1c1ccc([N+](=O)[O-])cc1. The van der Waals surface area contributed by atoms with Gasteiger partial charge >= 0.3 is 0 Å². The number of amides is 1. The first kappa shape index (κ1) is 22.2. The van der Waals surface area contributed by atoms with Gasteiger partial charge in [-0.15, -0.1) is 0 Å². The third-order valence-corrected chi connectivity index (χ3v) is 5.00. The number of likely N-dealkylation sites (tertiary alicyclic amines) is 1. The summed E-state index contributed by atoms with van der Waals surface area (Å²) in [7, 11) is 0. The molecule has 31 heavy (non-hydrogen) atoms. The van der Waals surface area contributed by atoms with E-state index in [1.54, 1.807) is 30.3 Å². The zero-order valence-electron chi connectivity index (χ0n) is 17.4. The summed E-state index contributed by atoms with van der Waals surface area (Å²) >= 11 is 0. The van der Waals surface area contributed by atoms with E-state index in [4.69, 9.17) is 4.74 Å². The Hall–Kier alpha value is -3.52. The molecule has 0 saturated carbocycles. The zero-order chi connectivity index (χ0) is 22.5. The van der Waals surface area contributed by atoms with E-state index in [-0.39, 0.29) is 29.7 Å². The minimum absolute atomic E-state index is 0.0326. The maximum atomic E-state index is 12.9. The van der Waals surface area contributed by atoms with Gasteiger partial charge in [-0.25, -0.2) is 0 Å². The second-order valence-corrected chi connectivity index (χ2v) is 7.48. The van der Waals surface area contributed by atoms with E-state index in [2.05, 4.69) is 0 Å². The lowest BCUT2D eigenvalue weighted by molar-refractivity contribution is -0.384. The van der Waals surface area contributed by atoms with Crippen molar-refractivity contribution in [2.24, 2.45) is 0 Å². The Balaban J connectivity index is 2.03. The van der Waals surface area contributed by atoms with Crippen LogP contribution in [0.4, 0.5) is 5.69 Å². The van der Waals surface area contributed by atoms with Gasteiger partial charge < -0.3 is 14.7 Å². The molecule has 162 valence electrons. The fourth-order valence-electron chi connectivity index (χ4n) is 3.54. The van der Waals surface area contributed by atoms with E-state index < -0.39 is 22.7 Å². The molecule has 1 aliphatic rings. The molecule has 1 N–H and O–H groups in total. The van der Waals surface area contributed by atoms with Crippen LogP contribution in [-0.4, -0.2) is 45.9 Å².